The number of halogens is 1. The molecule has 0 fully saturated rings. The summed E-state index contributed by atoms with van der Waals surface area (Å²) in [5.41, 5.74) is 1.08. The molecule has 0 aliphatic heterocycles. The van der Waals surface area contributed by atoms with Crippen molar-refractivity contribution >= 4 is 23.4 Å². The Kier molecular flexibility index (Phi) is 7.03. The van der Waals surface area contributed by atoms with Crippen molar-refractivity contribution in [1.82, 2.24) is 15.2 Å². The number of carbonyl (C=O) groups excluding carboxylic acids is 2. The third kappa shape index (κ3) is 5.15. The zero-order valence-electron chi connectivity index (χ0n) is 16.5. The third-order valence-corrected chi connectivity index (χ3v) is 5.06. The lowest BCUT2D eigenvalue weighted by atomic mass is 10.1. The van der Waals surface area contributed by atoms with Gasteiger partial charge in [-0.3, -0.25) is 14.4 Å². The highest BCUT2D eigenvalue weighted by Crippen LogP contribution is 2.14. The molecule has 0 saturated heterocycles. The van der Waals surface area contributed by atoms with Crippen LogP contribution in [0.5, 0.6) is 0 Å². The number of nitrogens with one attached hydrogen (secondary N) is 2. The average Bonchev–Trinajstić information content (AvgIpc) is 2.77. The maximum Gasteiger partial charge on any atom is 0.257 e. The predicted octanol–water partition coefficient (Wildman–Crippen LogP) is 3.03. The van der Waals surface area contributed by atoms with E-state index in [9.17, 15) is 14.4 Å². The van der Waals surface area contributed by atoms with Gasteiger partial charge in [0.1, 0.15) is 11.1 Å². The monoisotopic (exact) mass is 423 g/mol. The Morgan fingerprint density at radius 3 is 2.23 bits per heavy atom. The van der Waals surface area contributed by atoms with E-state index in [-0.39, 0.29) is 17.7 Å². The van der Waals surface area contributed by atoms with E-state index < -0.39 is 17.2 Å². The summed E-state index contributed by atoms with van der Waals surface area (Å²) in [6.45, 7) is 0.686. The predicted molar refractivity (Wildman–Crippen MR) is 117 cm³/mol. The molecule has 0 bridgehead atoms. The maximum absolute atomic E-state index is 12.8. The zero-order valence-corrected chi connectivity index (χ0v) is 17.3. The number of rotatable bonds is 7. The summed E-state index contributed by atoms with van der Waals surface area (Å²) < 4.78 is 1.70. The van der Waals surface area contributed by atoms with Gasteiger partial charge in [-0.2, -0.15) is 0 Å². The first kappa shape index (κ1) is 21.3. The number of carbonyl (C=O) groups is 2. The molecule has 0 spiro atoms. The highest BCUT2D eigenvalue weighted by atomic mass is 35.5. The number of aryl methyl sites for hydroxylation is 2. The van der Waals surface area contributed by atoms with Crippen LogP contribution in [0, 0.1) is 0 Å². The lowest BCUT2D eigenvalue weighted by molar-refractivity contribution is 0.0949. The van der Waals surface area contributed by atoms with E-state index in [0.29, 0.717) is 18.0 Å². The minimum atomic E-state index is -0.609. The lowest BCUT2D eigenvalue weighted by Gasteiger charge is -2.12. The fraction of sp³-hybridized carbons (Fsp3) is 0.174. The van der Waals surface area contributed by atoms with E-state index in [1.54, 1.807) is 22.8 Å². The standard InChI is InChI=1S/C23H22ClN3O3/c1-25-22(29)18-14-27(12-11-16-7-3-2-4-8-16)15-19(21(18)28)23(30)26-13-17-9-5-6-10-20(17)24/h2-10,14-15H,11-13H2,1H3,(H,25,29)(H,26,30). The lowest BCUT2D eigenvalue weighted by Crippen LogP contribution is -2.34. The minimum absolute atomic E-state index is 0.0732. The van der Waals surface area contributed by atoms with Gasteiger partial charge in [-0.05, 0) is 23.6 Å². The Bertz CT molecular complexity index is 1110. The molecule has 2 N–H and O–H groups in total. The van der Waals surface area contributed by atoms with Crippen LogP contribution in [0.25, 0.3) is 0 Å². The van der Waals surface area contributed by atoms with Crippen LogP contribution < -0.4 is 16.1 Å². The number of hydrogen-bond acceptors (Lipinski definition) is 3. The number of amides is 2. The molecule has 2 aromatic carbocycles. The van der Waals surface area contributed by atoms with E-state index in [1.807, 2.05) is 36.4 Å². The summed E-state index contributed by atoms with van der Waals surface area (Å²) in [6.07, 6.45) is 3.66. The van der Waals surface area contributed by atoms with E-state index in [1.165, 1.54) is 19.4 Å². The maximum atomic E-state index is 12.8. The quantitative estimate of drug-likeness (QED) is 0.613. The largest absolute Gasteiger partial charge is 0.355 e. The Labute approximate surface area is 179 Å². The van der Waals surface area contributed by atoms with Crippen LogP contribution in [0.4, 0.5) is 0 Å². The Hall–Kier alpha value is -3.38. The fourth-order valence-corrected chi connectivity index (χ4v) is 3.24. The van der Waals surface area contributed by atoms with Gasteiger partial charge in [0.25, 0.3) is 11.8 Å². The SMILES string of the molecule is CNC(=O)c1cn(CCc2ccccc2)cc(C(=O)NCc2ccccc2Cl)c1=O. The number of benzene rings is 2. The van der Waals surface area contributed by atoms with Crippen LogP contribution in [0.15, 0.2) is 71.8 Å². The summed E-state index contributed by atoms with van der Waals surface area (Å²) >= 11 is 6.13. The molecule has 0 radical (unpaired) electrons. The van der Waals surface area contributed by atoms with Gasteiger partial charge in [0.15, 0.2) is 0 Å². The second-order valence-electron chi connectivity index (χ2n) is 6.74. The zero-order chi connectivity index (χ0) is 21.5. The van der Waals surface area contributed by atoms with Crippen LogP contribution in [-0.4, -0.2) is 23.4 Å². The van der Waals surface area contributed by atoms with Crippen LogP contribution in [-0.2, 0) is 19.5 Å². The van der Waals surface area contributed by atoms with E-state index in [0.717, 1.165) is 11.1 Å². The second-order valence-corrected chi connectivity index (χ2v) is 7.15. The molecule has 3 rings (SSSR count). The molecule has 0 atom stereocenters. The average molecular weight is 424 g/mol. The second kappa shape index (κ2) is 9.89. The van der Waals surface area contributed by atoms with Crippen LogP contribution >= 0.6 is 11.6 Å². The van der Waals surface area contributed by atoms with Gasteiger partial charge in [-0.15, -0.1) is 0 Å². The van der Waals surface area contributed by atoms with Crippen molar-refractivity contribution in [2.75, 3.05) is 7.05 Å². The minimum Gasteiger partial charge on any atom is -0.355 e. The molecule has 6 nitrogen and oxygen atoms in total. The summed E-state index contributed by atoms with van der Waals surface area (Å²) in [4.78, 5) is 37.7. The van der Waals surface area contributed by atoms with Gasteiger partial charge < -0.3 is 15.2 Å². The first-order valence-corrected chi connectivity index (χ1v) is 9.89. The highest BCUT2D eigenvalue weighted by molar-refractivity contribution is 6.31. The van der Waals surface area contributed by atoms with Crippen molar-refractivity contribution in [3.63, 3.8) is 0 Å². The van der Waals surface area contributed by atoms with Crippen LogP contribution in [0.3, 0.4) is 0 Å². The molecule has 0 aliphatic rings. The molecule has 0 unspecified atom stereocenters. The van der Waals surface area contributed by atoms with Crippen molar-refractivity contribution in [2.45, 2.75) is 19.5 Å². The first-order chi connectivity index (χ1) is 14.5. The normalized spacial score (nSPS) is 10.5. The van der Waals surface area contributed by atoms with Gasteiger partial charge in [-0.25, -0.2) is 0 Å². The summed E-state index contributed by atoms with van der Waals surface area (Å²) in [7, 11) is 1.44. The van der Waals surface area contributed by atoms with Crippen molar-refractivity contribution in [2.24, 2.45) is 0 Å². The van der Waals surface area contributed by atoms with E-state index >= 15 is 0 Å². The summed E-state index contributed by atoms with van der Waals surface area (Å²) in [5, 5.41) is 5.69. The van der Waals surface area contributed by atoms with Gasteiger partial charge in [0.05, 0.1) is 0 Å². The van der Waals surface area contributed by atoms with Crippen LogP contribution in [0.1, 0.15) is 31.8 Å². The summed E-state index contributed by atoms with van der Waals surface area (Å²) in [6, 6.07) is 17.0. The Morgan fingerprint density at radius 1 is 0.933 bits per heavy atom. The highest BCUT2D eigenvalue weighted by Gasteiger charge is 2.19. The molecule has 2 amide bonds. The van der Waals surface area contributed by atoms with Crippen molar-refractivity contribution in [3.8, 4) is 0 Å². The molecular formula is C23H22ClN3O3. The number of hydrogen-bond donors (Lipinski definition) is 2. The van der Waals surface area contributed by atoms with Crippen molar-refractivity contribution in [1.29, 1.82) is 0 Å². The Morgan fingerprint density at radius 2 is 1.57 bits per heavy atom. The van der Waals surface area contributed by atoms with E-state index in [2.05, 4.69) is 10.6 Å². The number of aromatic nitrogens is 1. The molecule has 0 aliphatic carbocycles. The first-order valence-electron chi connectivity index (χ1n) is 9.51. The third-order valence-electron chi connectivity index (χ3n) is 4.69. The van der Waals surface area contributed by atoms with Crippen molar-refractivity contribution < 1.29 is 9.59 Å². The fourth-order valence-electron chi connectivity index (χ4n) is 3.03. The smallest absolute Gasteiger partial charge is 0.257 e. The van der Waals surface area contributed by atoms with Crippen LogP contribution in [0.2, 0.25) is 5.02 Å². The molecule has 7 heteroatoms. The number of nitrogens with zero attached hydrogens (tertiary/aromatic N) is 1. The number of pyridine rings is 1. The van der Waals surface area contributed by atoms with E-state index in [4.69, 9.17) is 11.6 Å². The Balaban J connectivity index is 1.85. The molecule has 1 heterocycles. The molecule has 3 aromatic rings. The molecule has 0 saturated carbocycles. The molecule has 154 valence electrons. The molecule has 30 heavy (non-hydrogen) atoms. The van der Waals surface area contributed by atoms with Crippen molar-refractivity contribution in [3.05, 3.63) is 104 Å². The molecular weight excluding hydrogens is 402 g/mol. The molecule has 1 aromatic heterocycles. The van der Waals surface area contributed by atoms with Gasteiger partial charge in [0, 0.05) is 37.6 Å². The topological polar surface area (TPSA) is 80.2 Å². The van der Waals surface area contributed by atoms with Gasteiger partial charge in [0.2, 0.25) is 5.43 Å². The van der Waals surface area contributed by atoms with Gasteiger partial charge in [-0.1, -0.05) is 60.1 Å². The van der Waals surface area contributed by atoms with Gasteiger partial charge >= 0.3 is 0 Å². The summed E-state index contributed by atoms with van der Waals surface area (Å²) in [5.74, 6) is -1.09.